The fraction of sp³-hybridized carbons (Fsp3) is 0. The van der Waals surface area contributed by atoms with Crippen LogP contribution in [0.4, 0.5) is 16.0 Å². The minimum absolute atomic E-state index is 0.190. The average Bonchev–Trinajstić information content (AvgIpc) is 2.83. The maximum absolute atomic E-state index is 13.7. The quantitative estimate of drug-likeness (QED) is 0.684. The van der Waals surface area contributed by atoms with Crippen molar-refractivity contribution in [2.45, 2.75) is 0 Å². The van der Waals surface area contributed by atoms with Gasteiger partial charge in [0.05, 0.1) is 15.6 Å². The highest BCUT2D eigenvalue weighted by atomic mass is 35.5. The highest BCUT2D eigenvalue weighted by Crippen LogP contribution is 2.31. The third-order valence-electron chi connectivity index (χ3n) is 3.10. The van der Waals surface area contributed by atoms with Crippen LogP contribution in [-0.4, -0.2) is 10.9 Å². The van der Waals surface area contributed by atoms with Gasteiger partial charge >= 0.3 is 5.95 Å². The van der Waals surface area contributed by atoms with Crippen LogP contribution in [0.1, 0.15) is 10.4 Å². The maximum atomic E-state index is 13.7. The lowest BCUT2D eigenvalue weighted by Gasteiger charge is -2.02. The molecule has 22 heavy (non-hydrogen) atoms. The molecule has 0 spiro atoms. The van der Waals surface area contributed by atoms with Gasteiger partial charge in [-0.2, -0.15) is 0 Å². The summed E-state index contributed by atoms with van der Waals surface area (Å²) in [7, 11) is 0. The molecule has 8 heteroatoms. The Morgan fingerprint density at radius 1 is 1.27 bits per heavy atom. The molecule has 0 aliphatic rings. The van der Waals surface area contributed by atoms with E-state index < -0.39 is 11.7 Å². The summed E-state index contributed by atoms with van der Waals surface area (Å²) in [4.78, 5) is 17.1. The molecule has 2 aromatic carbocycles. The molecule has 5 nitrogen and oxygen atoms in total. The number of imidazole rings is 1. The van der Waals surface area contributed by atoms with E-state index in [1.165, 1.54) is 12.1 Å². The van der Waals surface area contributed by atoms with Crippen LogP contribution in [0.15, 0.2) is 30.3 Å². The van der Waals surface area contributed by atoms with Crippen LogP contribution in [-0.2, 0) is 0 Å². The molecular weight excluding hydrogens is 330 g/mol. The summed E-state index contributed by atoms with van der Waals surface area (Å²) in [5.41, 5.74) is 6.42. The zero-order valence-electron chi connectivity index (χ0n) is 11.0. The van der Waals surface area contributed by atoms with Gasteiger partial charge in [-0.1, -0.05) is 29.3 Å². The van der Waals surface area contributed by atoms with Gasteiger partial charge in [-0.05, 0) is 18.2 Å². The third-order valence-corrected chi connectivity index (χ3v) is 3.73. The predicted molar refractivity (Wildman–Crippen MR) is 83.1 cm³/mol. The number of nitrogens with one attached hydrogen (secondary N) is 3. The van der Waals surface area contributed by atoms with Crippen LogP contribution in [0.25, 0.3) is 11.0 Å². The molecule has 0 saturated heterocycles. The molecule has 0 aliphatic heterocycles. The van der Waals surface area contributed by atoms with Gasteiger partial charge in [0.1, 0.15) is 22.5 Å². The average molecular weight is 340 g/mol. The van der Waals surface area contributed by atoms with Crippen molar-refractivity contribution in [3.63, 3.8) is 0 Å². The predicted octanol–water partition coefficient (Wildman–Crippen LogP) is 3.27. The number of carbonyl (C=O) groups excluding carboxylic acids is 1. The monoisotopic (exact) mass is 339 g/mol. The Labute approximate surface area is 134 Å². The molecule has 3 aromatic rings. The lowest BCUT2D eigenvalue weighted by atomic mass is 10.2. The zero-order chi connectivity index (χ0) is 15.9. The van der Waals surface area contributed by atoms with Crippen molar-refractivity contribution in [3.8, 4) is 0 Å². The second-order valence-corrected chi connectivity index (χ2v) is 5.40. The fourth-order valence-electron chi connectivity index (χ4n) is 2.07. The summed E-state index contributed by atoms with van der Waals surface area (Å²) in [5.74, 6) is -1.10. The van der Waals surface area contributed by atoms with E-state index in [0.29, 0.717) is 32.7 Å². The second kappa shape index (κ2) is 5.47. The molecule has 0 bridgehead atoms. The normalized spacial score (nSPS) is 10.9. The summed E-state index contributed by atoms with van der Waals surface area (Å²) in [6, 6.07) is 7.61. The van der Waals surface area contributed by atoms with E-state index in [4.69, 9.17) is 28.9 Å². The van der Waals surface area contributed by atoms with E-state index >= 15 is 0 Å². The highest BCUT2D eigenvalue weighted by molar-refractivity contribution is 6.39. The van der Waals surface area contributed by atoms with E-state index in [1.54, 1.807) is 18.2 Å². The number of aromatic amines is 2. The summed E-state index contributed by atoms with van der Waals surface area (Å²) in [6.07, 6.45) is 0. The topological polar surface area (TPSA) is 85.1 Å². The van der Waals surface area contributed by atoms with Crippen molar-refractivity contribution in [2.75, 3.05) is 5.32 Å². The first-order valence-electron chi connectivity index (χ1n) is 6.21. The number of benzene rings is 2. The van der Waals surface area contributed by atoms with Crippen molar-refractivity contribution in [1.82, 2.24) is 4.98 Å². The summed E-state index contributed by atoms with van der Waals surface area (Å²) >= 11 is 12.1. The number of amides is 1. The van der Waals surface area contributed by atoms with Crippen molar-refractivity contribution >= 4 is 51.8 Å². The number of hydrogen-bond acceptors (Lipinski definition) is 2. The molecular formula is C14H10Cl2FN4O+. The molecule has 1 amide bonds. The van der Waals surface area contributed by atoms with Crippen LogP contribution >= 0.6 is 23.2 Å². The molecule has 112 valence electrons. The van der Waals surface area contributed by atoms with Gasteiger partial charge in [0.25, 0.3) is 5.91 Å². The first kappa shape index (κ1) is 14.6. The number of para-hydroxylation sites is 1. The smallest absolute Gasteiger partial charge is 0.358 e. The SMILES string of the molecule is NC(=O)c1cc2[nH+]c(Nc3c(Cl)cccc3Cl)[nH]c2cc1F. The summed E-state index contributed by atoms with van der Waals surface area (Å²) in [5, 5.41) is 3.85. The van der Waals surface area contributed by atoms with Gasteiger partial charge < -0.3 is 5.73 Å². The number of carbonyl (C=O) groups is 1. The van der Waals surface area contributed by atoms with Crippen molar-refractivity contribution in [2.24, 2.45) is 5.73 Å². The molecule has 0 fully saturated rings. The van der Waals surface area contributed by atoms with Crippen LogP contribution in [0.2, 0.25) is 10.0 Å². The van der Waals surface area contributed by atoms with E-state index in [-0.39, 0.29) is 5.56 Å². The van der Waals surface area contributed by atoms with Crippen molar-refractivity contribution < 1.29 is 14.2 Å². The second-order valence-electron chi connectivity index (χ2n) is 4.59. The van der Waals surface area contributed by atoms with Gasteiger partial charge in [-0.3, -0.25) is 4.79 Å². The third kappa shape index (κ3) is 2.58. The van der Waals surface area contributed by atoms with E-state index in [0.717, 1.165) is 0 Å². The fourth-order valence-corrected chi connectivity index (χ4v) is 2.57. The van der Waals surface area contributed by atoms with Crippen molar-refractivity contribution in [1.29, 1.82) is 0 Å². The van der Waals surface area contributed by atoms with Crippen LogP contribution < -0.4 is 16.0 Å². The van der Waals surface area contributed by atoms with Gasteiger partial charge in [0.2, 0.25) is 0 Å². The van der Waals surface area contributed by atoms with E-state index in [2.05, 4.69) is 15.3 Å². The Kier molecular flexibility index (Phi) is 3.64. The zero-order valence-corrected chi connectivity index (χ0v) is 12.5. The van der Waals surface area contributed by atoms with Crippen LogP contribution in [0.5, 0.6) is 0 Å². The largest absolute Gasteiger partial charge is 0.366 e. The Hall–Kier alpha value is -2.31. The molecule has 1 aromatic heterocycles. The van der Waals surface area contributed by atoms with Gasteiger partial charge in [-0.25, -0.2) is 19.7 Å². The minimum atomic E-state index is -0.836. The lowest BCUT2D eigenvalue weighted by molar-refractivity contribution is -0.326. The molecule has 0 unspecified atom stereocenters. The number of rotatable bonds is 3. The Morgan fingerprint density at radius 2 is 1.95 bits per heavy atom. The van der Waals surface area contributed by atoms with Gasteiger partial charge in [0, 0.05) is 6.07 Å². The van der Waals surface area contributed by atoms with Crippen LogP contribution in [0, 0.1) is 5.82 Å². The first-order chi connectivity index (χ1) is 10.5. The number of nitrogens with two attached hydrogens (primary N) is 1. The molecule has 3 rings (SSSR count). The van der Waals surface area contributed by atoms with Gasteiger partial charge in [-0.15, -0.1) is 0 Å². The summed E-state index contributed by atoms with van der Waals surface area (Å²) in [6.45, 7) is 0. The number of halogens is 3. The number of hydrogen-bond donors (Lipinski definition) is 3. The van der Waals surface area contributed by atoms with Crippen LogP contribution in [0.3, 0.4) is 0 Å². The highest BCUT2D eigenvalue weighted by Gasteiger charge is 2.17. The molecule has 5 N–H and O–H groups in total. The van der Waals surface area contributed by atoms with E-state index in [9.17, 15) is 9.18 Å². The first-order valence-corrected chi connectivity index (χ1v) is 6.96. The number of primary amides is 1. The minimum Gasteiger partial charge on any atom is -0.366 e. The summed E-state index contributed by atoms with van der Waals surface area (Å²) < 4.78 is 13.7. The number of anilines is 2. The molecule has 0 saturated carbocycles. The number of H-pyrrole nitrogens is 2. The number of aromatic nitrogens is 2. The Balaban J connectivity index is 2.04. The van der Waals surface area contributed by atoms with E-state index in [1.807, 2.05) is 0 Å². The van der Waals surface area contributed by atoms with Crippen molar-refractivity contribution in [3.05, 3.63) is 51.8 Å². The molecule has 0 radical (unpaired) electrons. The molecule has 1 heterocycles. The Morgan fingerprint density at radius 3 is 2.59 bits per heavy atom. The standard InChI is InChI=1S/C14H9Cl2FN4O/c15-7-2-1-3-8(16)12(7)21-14-19-10-4-6(13(18)22)9(17)5-11(10)20-14/h1-5H,(H2,18,22)(H2,19,20,21)/p+1. The van der Waals surface area contributed by atoms with Gasteiger partial charge in [0.15, 0.2) is 0 Å². The molecule has 0 aliphatic carbocycles. The Bertz CT molecular complexity index is 874. The maximum Gasteiger partial charge on any atom is 0.358 e. The lowest BCUT2D eigenvalue weighted by Crippen LogP contribution is -2.14. The number of fused-ring (bicyclic) bond motifs is 1. The molecule has 0 atom stereocenters.